The van der Waals surface area contributed by atoms with E-state index in [0.717, 1.165) is 10.6 Å². The summed E-state index contributed by atoms with van der Waals surface area (Å²) < 4.78 is 0. The van der Waals surface area contributed by atoms with E-state index in [1.807, 2.05) is 12.1 Å². The molecular weight excluding hydrogens is 346 g/mol. The standard InChI is InChI=1S/C15H14ClN7S/c16-8-6-19-15(11-4-3-10(24-11)13(17)18)21-14(8)20-12-5-9(22-23-12)7-1-2-7/h3-7H,1-2H2,(H3,17,18)(H2,19,20,21,22,23). The lowest BCUT2D eigenvalue weighted by atomic mass is 10.3. The number of thiophene rings is 1. The molecule has 7 nitrogen and oxygen atoms in total. The fourth-order valence-corrected chi connectivity index (χ4v) is 3.25. The zero-order chi connectivity index (χ0) is 16.7. The van der Waals surface area contributed by atoms with Crippen LogP contribution in [0.25, 0.3) is 10.7 Å². The Labute approximate surface area is 146 Å². The number of H-pyrrole nitrogens is 1. The number of anilines is 2. The minimum atomic E-state index is 0.0303. The summed E-state index contributed by atoms with van der Waals surface area (Å²) in [5.41, 5.74) is 6.63. The van der Waals surface area contributed by atoms with Crippen LogP contribution in [0.3, 0.4) is 0 Å². The Balaban J connectivity index is 1.61. The van der Waals surface area contributed by atoms with Gasteiger partial charge in [0.25, 0.3) is 0 Å². The van der Waals surface area contributed by atoms with Crippen LogP contribution in [0.5, 0.6) is 0 Å². The molecule has 3 aromatic rings. The van der Waals surface area contributed by atoms with Gasteiger partial charge in [0.15, 0.2) is 17.5 Å². The summed E-state index contributed by atoms with van der Waals surface area (Å²) in [6.07, 6.45) is 3.96. The lowest BCUT2D eigenvalue weighted by Gasteiger charge is -2.05. The maximum Gasteiger partial charge on any atom is 0.171 e. The average molecular weight is 360 g/mol. The van der Waals surface area contributed by atoms with Gasteiger partial charge in [0.2, 0.25) is 0 Å². The van der Waals surface area contributed by atoms with Gasteiger partial charge in [-0.2, -0.15) is 5.10 Å². The maximum absolute atomic E-state index is 7.48. The number of aromatic amines is 1. The van der Waals surface area contributed by atoms with Gasteiger partial charge in [-0.1, -0.05) is 11.6 Å². The van der Waals surface area contributed by atoms with Crippen molar-refractivity contribution in [2.75, 3.05) is 5.32 Å². The molecule has 0 amide bonds. The molecule has 1 aliphatic rings. The second-order valence-corrected chi connectivity index (χ2v) is 7.07. The second-order valence-electron chi connectivity index (χ2n) is 5.58. The number of rotatable bonds is 5. The topological polar surface area (TPSA) is 116 Å². The van der Waals surface area contributed by atoms with Gasteiger partial charge in [-0.25, -0.2) is 9.97 Å². The summed E-state index contributed by atoms with van der Waals surface area (Å²) in [6.45, 7) is 0. The van der Waals surface area contributed by atoms with E-state index in [2.05, 4.69) is 25.5 Å². The van der Waals surface area contributed by atoms with Crippen LogP contribution < -0.4 is 11.1 Å². The van der Waals surface area contributed by atoms with Gasteiger partial charge >= 0.3 is 0 Å². The second kappa shape index (κ2) is 5.88. The Morgan fingerprint density at radius 3 is 2.96 bits per heavy atom. The first-order valence-corrected chi connectivity index (χ1v) is 8.59. The molecular formula is C15H14ClN7S. The Kier molecular flexibility index (Phi) is 3.70. The third kappa shape index (κ3) is 2.98. The van der Waals surface area contributed by atoms with E-state index >= 15 is 0 Å². The molecule has 4 rings (SSSR count). The molecule has 24 heavy (non-hydrogen) atoms. The molecule has 3 heterocycles. The predicted molar refractivity (Wildman–Crippen MR) is 95.2 cm³/mol. The fourth-order valence-electron chi connectivity index (χ4n) is 2.30. The summed E-state index contributed by atoms with van der Waals surface area (Å²) in [6, 6.07) is 5.60. The molecule has 0 bridgehead atoms. The molecule has 0 atom stereocenters. The minimum Gasteiger partial charge on any atom is -0.383 e. The van der Waals surface area contributed by atoms with E-state index in [1.165, 1.54) is 24.2 Å². The normalized spacial score (nSPS) is 13.9. The summed E-state index contributed by atoms with van der Waals surface area (Å²) in [4.78, 5) is 10.2. The number of nitrogens with zero attached hydrogens (tertiary/aromatic N) is 3. The zero-order valence-corrected chi connectivity index (χ0v) is 14.1. The van der Waals surface area contributed by atoms with Crippen molar-refractivity contribution >= 4 is 40.4 Å². The number of nitrogens with one attached hydrogen (secondary N) is 3. The monoisotopic (exact) mass is 359 g/mol. The maximum atomic E-state index is 7.48. The summed E-state index contributed by atoms with van der Waals surface area (Å²) in [5.74, 6) is 2.33. The van der Waals surface area contributed by atoms with Crippen molar-refractivity contribution in [1.82, 2.24) is 20.2 Å². The Hall–Kier alpha value is -2.45. The predicted octanol–water partition coefficient (Wildman–Crippen LogP) is 3.49. The van der Waals surface area contributed by atoms with Gasteiger partial charge in [0, 0.05) is 17.7 Å². The first-order chi connectivity index (χ1) is 11.6. The quantitative estimate of drug-likeness (QED) is 0.411. The van der Waals surface area contributed by atoms with Gasteiger partial charge < -0.3 is 11.1 Å². The van der Waals surface area contributed by atoms with Crippen LogP contribution in [-0.4, -0.2) is 26.0 Å². The highest BCUT2D eigenvalue weighted by molar-refractivity contribution is 7.17. The Morgan fingerprint density at radius 2 is 2.25 bits per heavy atom. The van der Waals surface area contributed by atoms with E-state index in [9.17, 15) is 0 Å². The molecule has 9 heteroatoms. The average Bonchev–Trinajstić information content (AvgIpc) is 3.10. The Morgan fingerprint density at radius 1 is 1.42 bits per heavy atom. The molecule has 0 saturated heterocycles. The Bertz CT molecular complexity index is 912. The molecule has 5 N–H and O–H groups in total. The van der Waals surface area contributed by atoms with Crippen molar-refractivity contribution < 1.29 is 0 Å². The van der Waals surface area contributed by atoms with Crippen LogP contribution in [0.4, 0.5) is 11.6 Å². The minimum absolute atomic E-state index is 0.0303. The highest BCUT2D eigenvalue weighted by Gasteiger charge is 2.25. The lowest BCUT2D eigenvalue weighted by Crippen LogP contribution is -2.08. The van der Waals surface area contributed by atoms with Crippen LogP contribution in [0.2, 0.25) is 5.02 Å². The van der Waals surface area contributed by atoms with E-state index in [1.54, 1.807) is 12.3 Å². The third-order valence-electron chi connectivity index (χ3n) is 3.70. The number of amidine groups is 1. The van der Waals surface area contributed by atoms with E-state index < -0.39 is 0 Å². The smallest absolute Gasteiger partial charge is 0.171 e. The third-order valence-corrected chi connectivity index (χ3v) is 5.09. The SMILES string of the molecule is N=C(N)c1ccc(-c2ncc(Cl)c(Nc3cc(C4CC4)[nH]n3)n2)s1. The van der Waals surface area contributed by atoms with Gasteiger partial charge in [-0.05, 0) is 25.0 Å². The van der Waals surface area contributed by atoms with Gasteiger partial charge in [0.05, 0.1) is 16.0 Å². The largest absolute Gasteiger partial charge is 0.383 e. The van der Waals surface area contributed by atoms with Crippen LogP contribution in [0, 0.1) is 5.41 Å². The zero-order valence-electron chi connectivity index (χ0n) is 12.5. The van der Waals surface area contributed by atoms with Crippen LogP contribution in [-0.2, 0) is 0 Å². The molecule has 1 aliphatic carbocycles. The van der Waals surface area contributed by atoms with Crippen LogP contribution in [0.1, 0.15) is 29.3 Å². The fraction of sp³-hybridized carbons (Fsp3) is 0.200. The summed E-state index contributed by atoms with van der Waals surface area (Å²) in [5, 5.41) is 18.3. The number of halogens is 1. The molecule has 0 radical (unpaired) electrons. The number of hydrogen-bond acceptors (Lipinski definition) is 6. The van der Waals surface area contributed by atoms with Crippen LogP contribution >= 0.6 is 22.9 Å². The number of hydrogen-bond donors (Lipinski definition) is 4. The van der Waals surface area contributed by atoms with Crippen molar-refractivity contribution in [3.05, 3.63) is 40.0 Å². The summed E-state index contributed by atoms with van der Waals surface area (Å²) in [7, 11) is 0. The lowest BCUT2D eigenvalue weighted by molar-refractivity contribution is 0.966. The van der Waals surface area contributed by atoms with E-state index in [4.69, 9.17) is 22.7 Å². The number of nitrogen functional groups attached to an aromatic ring is 1. The van der Waals surface area contributed by atoms with Gasteiger partial charge in [-0.3, -0.25) is 10.5 Å². The molecule has 1 saturated carbocycles. The molecule has 1 fully saturated rings. The molecule has 0 aliphatic heterocycles. The number of aromatic nitrogens is 4. The van der Waals surface area contributed by atoms with Crippen LogP contribution in [0.15, 0.2) is 24.4 Å². The van der Waals surface area contributed by atoms with Crippen molar-refractivity contribution in [1.29, 1.82) is 5.41 Å². The van der Waals surface area contributed by atoms with Crippen molar-refractivity contribution in [3.8, 4) is 10.7 Å². The van der Waals surface area contributed by atoms with Crippen molar-refractivity contribution in [3.63, 3.8) is 0 Å². The molecule has 0 unspecified atom stereocenters. The molecule has 0 aromatic carbocycles. The summed E-state index contributed by atoms with van der Waals surface area (Å²) >= 11 is 7.56. The molecule has 122 valence electrons. The highest BCUT2D eigenvalue weighted by atomic mass is 35.5. The first kappa shape index (κ1) is 15.1. The first-order valence-electron chi connectivity index (χ1n) is 7.39. The molecule has 0 spiro atoms. The molecule has 3 aromatic heterocycles. The van der Waals surface area contributed by atoms with Crippen molar-refractivity contribution in [2.45, 2.75) is 18.8 Å². The van der Waals surface area contributed by atoms with Crippen molar-refractivity contribution in [2.24, 2.45) is 5.73 Å². The highest BCUT2D eigenvalue weighted by Crippen LogP contribution is 2.40. The van der Waals surface area contributed by atoms with E-state index in [0.29, 0.717) is 33.3 Å². The van der Waals surface area contributed by atoms with E-state index in [-0.39, 0.29) is 5.84 Å². The van der Waals surface area contributed by atoms with Gasteiger partial charge in [0.1, 0.15) is 10.9 Å². The van der Waals surface area contributed by atoms with Gasteiger partial charge in [-0.15, -0.1) is 11.3 Å². The number of nitrogens with two attached hydrogens (primary N) is 1.